The van der Waals surface area contributed by atoms with Crippen LogP contribution in [0.3, 0.4) is 0 Å². The van der Waals surface area contributed by atoms with Gasteiger partial charge in [-0.3, -0.25) is 4.79 Å². The molecule has 0 spiro atoms. The summed E-state index contributed by atoms with van der Waals surface area (Å²) >= 11 is 0. The fraction of sp³-hybridized carbons (Fsp3) is 0.588. The molecule has 0 unspecified atom stereocenters. The maximum Gasteiger partial charge on any atom is 0.243 e. The van der Waals surface area contributed by atoms with E-state index in [0.717, 1.165) is 12.1 Å². The average molecular weight is 371 g/mol. The molecular formula is C17H26FN3O3S. The van der Waals surface area contributed by atoms with Gasteiger partial charge >= 0.3 is 0 Å². The third kappa shape index (κ3) is 5.49. The molecule has 1 heterocycles. The molecule has 1 fully saturated rings. The maximum absolute atomic E-state index is 13.1. The van der Waals surface area contributed by atoms with Crippen molar-refractivity contribution >= 4 is 15.9 Å². The lowest BCUT2D eigenvalue weighted by Gasteiger charge is -2.30. The van der Waals surface area contributed by atoms with Crippen LogP contribution in [0.1, 0.15) is 20.3 Å². The van der Waals surface area contributed by atoms with Crippen molar-refractivity contribution in [2.75, 3.05) is 39.3 Å². The van der Waals surface area contributed by atoms with Crippen molar-refractivity contribution < 1.29 is 17.6 Å². The van der Waals surface area contributed by atoms with Gasteiger partial charge in [-0.1, -0.05) is 13.8 Å². The first-order chi connectivity index (χ1) is 11.8. The highest BCUT2D eigenvalue weighted by molar-refractivity contribution is 7.89. The molecular weight excluding hydrogens is 345 g/mol. The molecule has 1 saturated heterocycles. The standard InChI is InChI=1S/C17H26FN3O3S/c1-14(2)7-10-21(13-17(22)20-11-8-19-9-12-20)25(23,24)16-5-3-15(18)4-6-16/h3-6,14,19H,7-13H2,1-2H3. The SMILES string of the molecule is CC(C)CCN(CC(=O)N1CCNCC1)S(=O)(=O)c1ccc(F)cc1. The van der Waals surface area contributed by atoms with E-state index in [2.05, 4.69) is 5.32 Å². The fourth-order valence-electron chi connectivity index (χ4n) is 2.61. The fourth-order valence-corrected chi connectivity index (χ4v) is 4.01. The minimum atomic E-state index is -3.84. The van der Waals surface area contributed by atoms with Gasteiger partial charge < -0.3 is 10.2 Å². The number of nitrogens with zero attached hydrogens (tertiary/aromatic N) is 2. The smallest absolute Gasteiger partial charge is 0.243 e. The minimum absolute atomic E-state index is 0.00534. The van der Waals surface area contributed by atoms with Crippen molar-refractivity contribution in [3.63, 3.8) is 0 Å². The highest BCUT2D eigenvalue weighted by Gasteiger charge is 2.28. The first-order valence-electron chi connectivity index (χ1n) is 8.55. The predicted molar refractivity (Wildman–Crippen MR) is 94.1 cm³/mol. The number of amides is 1. The number of sulfonamides is 1. The summed E-state index contributed by atoms with van der Waals surface area (Å²) in [5.41, 5.74) is 0. The second-order valence-electron chi connectivity index (χ2n) is 6.61. The molecule has 140 valence electrons. The van der Waals surface area contributed by atoms with Crippen LogP contribution in [0.15, 0.2) is 29.2 Å². The van der Waals surface area contributed by atoms with Gasteiger partial charge in [0.1, 0.15) is 5.82 Å². The van der Waals surface area contributed by atoms with Crippen LogP contribution in [0, 0.1) is 11.7 Å². The summed E-state index contributed by atoms with van der Waals surface area (Å²) in [4.78, 5) is 14.2. The van der Waals surface area contributed by atoms with Crippen LogP contribution >= 0.6 is 0 Å². The van der Waals surface area contributed by atoms with E-state index < -0.39 is 15.8 Å². The molecule has 2 rings (SSSR count). The Morgan fingerprint density at radius 3 is 2.40 bits per heavy atom. The Balaban J connectivity index is 2.18. The molecule has 6 nitrogen and oxygen atoms in total. The zero-order valence-corrected chi connectivity index (χ0v) is 15.6. The van der Waals surface area contributed by atoms with Crippen molar-refractivity contribution in [3.05, 3.63) is 30.1 Å². The summed E-state index contributed by atoms with van der Waals surface area (Å²) in [7, 11) is -3.84. The van der Waals surface area contributed by atoms with Gasteiger partial charge in [-0.25, -0.2) is 12.8 Å². The summed E-state index contributed by atoms with van der Waals surface area (Å²) in [5, 5.41) is 3.16. The van der Waals surface area contributed by atoms with Gasteiger partial charge in [0.25, 0.3) is 0 Å². The first-order valence-corrected chi connectivity index (χ1v) is 9.99. The molecule has 25 heavy (non-hydrogen) atoms. The summed E-state index contributed by atoms with van der Waals surface area (Å²) in [6, 6.07) is 4.71. The van der Waals surface area contributed by atoms with Crippen molar-refractivity contribution in [1.82, 2.24) is 14.5 Å². The Morgan fingerprint density at radius 2 is 1.84 bits per heavy atom. The molecule has 1 aromatic rings. The number of piperazine rings is 1. The van der Waals surface area contributed by atoms with E-state index in [1.807, 2.05) is 13.8 Å². The Kier molecular flexibility index (Phi) is 6.92. The highest BCUT2D eigenvalue weighted by atomic mass is 32.2. The Hall–Kier alpha value is -1.51. The molecule has 0 aromatic heterocycles. The first kappa shape index (κ1) is 19.8. The molecule has 1 amide bonds. The minimum Gasteiger partial charge on any atom is -0.339 e. The monoisotopic (exact) mass is 371 g/mol. The second kappa shape index (κ2) is 8.73. The number of hydrogen-bond acceptors (Lipinski definition) is 4. The van der Waals surface area contributed by atoms with Gasteiger partial charge in [0.15, 0.2) is 0 Å². The zero-order chi connectivity index (χ0) is 18.4. The van der Waals surface area contributed by atoms with E-state index in [1.54, 1.807) is 4.90 Å². The number of nitrogens with one attached hydrogen (secondary N) is 1. The molecule has 8 heteroatoms. The molecule has 1 aromatic carbocycles. The zero-order valence-electron chi connectivity index (χ0n) is 14.7. The third-order valence-corrected chi connectivity index (χ3v) is 6.05. The van der Waals surface area contributed by atoms with Gasteiger partial charge in [-0.2, -0.15) is 4.31 Å². The van der Waals surface area contributed by atoms with Crippen LogP contribution in [0.25, 0.3) is 0 Å². The van der Waals surface area contributed by atoms with E-state index in [-0.39, 0.29) is 23.9 Å². The summed E-state index contributed by atoms with van der Waals surface area (Å²) in [6.07, 6.45) is 0.648. The highest BCUT2D eigenvalue weighted by Crippen LogP contribution is 2.18. The number of halogens is 1. The number of carbonyl (C=O) groups is 1. The lowest BCUT2D eigenvalue weighted by molar-refractivity contribution is -0.132. The Labute approximate surface area is 149 Å². The lowest BCUT2D eigenvalue weighted by atomic mass is 10.1. The largest absolute Gasteiger partial charge is 0.339 e. The number of benzene rings is 1. The molecule has 0 radical (unpaired) electrons. The van der Waals surface area contributed by atoms with Gasteiger partial charge in [0.05, 0.1) is 11.4 Å². The van der Waals surface area contributed by atoms with Crippen molar-refractivity contribution in [2.24, 2.45) is 5.92 Å². The van der Waals surface area contributed by atoms with Crippen molar-refractivity contribution in [2.45, 2.75) is 25.2 Å². The van der Waals surface area contributed by atoms with E-state index in [4.69, 9.17) is 0 Å². The lowest BCUT2D eigenvalue weighted by Crippen LogP contribution is -2.50. The van der Waals surface area contributed by atoms with Gasteiger partial charge in [-0.05, 0) is 36.6 Å². The van der Waals surface area contributed by atoms with Gasteiger partial charge in [0, 0.05) is 32.7 Å². The predicted octanol–water partition coefficient (Wildman–Crippen LogP) is 1.29. The Bertz CT molecular complexity index is 671. The van der Waals surface area contributed by atoms with Crippen LogP contribution in [0.4, 0.5) is 4.39 Å². The molecule has 0 bridgehead atoms. The Morgan fingerprint density at radius 1 is 1.24 bits per heavy atom. The molecule has 1 aliphatic heterocycles. The van der Waals surface area contributed by atoms with Crippen molar-refractivity contribution in [1.29, 1.82) is 0 Å². The molecule has 0 atom stereocenters. The van der Waals surface area contributed by atoms with Gasteiger partial charge in [-0.15, -0.1) is 0 Å². The van der Waals surface area contributed by atoms with Gasteiger partial charge in [0.2, 0.25) is 15.9 Å². The molecule has 1 aliphatic rings. The number of rotatable bonds is 7. The number of hydrogen-bond donors (Lipinski definition) is 1. The van der Waals surface area contributed by atoms with Crippen molar-refractivity contribution in [3.8, 4) is 0 Å². The van der Waals surface area contributed by atoms with E-state index in [9.17, 15) is 17.6 Å². The average Bonchev–Trinajstić information content (AvgIpc) is 2.59. The maximum atomic E-state index is 13.1. The topological polar surface area (TPSA) is 69.7 Å². The van der Waals surface area contributed by atoms with E-state index in [1.165, 1.54) is 16.4 Å². The van der Waals surface area contributed by atoms with Crippen LogP contribution < -0.4 is 5.32 Å². The van der Waals surface area contributed by atoms with Crippen LogP contribution in [-0.2, 0) is 14.8 Å². The third-order valence-electron chi connectivity index (χ3n) is 4.19. The second-order valence-corrected chi connectivity index (χ2v) is 8.54. The van der Waals surface area contributed by atoms with E-state index >= 15 is 0 Å². The normalized spacial score (nSPS) is 15.8. The summed E-state index contributed by atoms with van der Waals surface area (Å²) < 4.78 is 40.1. The molecule has 0 saturated carbocycles. The van der Waals surface area contributed by atoms with E-state index in [0.29, 0.717) is 38.5 Å². The summed E-state index contributed by atoms with van der Waals surface area (Å²) in [6.45, 7) is 6.65. The van der Waals surface area contributed by atoms with Crippen LogP contribution in [0.2, 0.25) is 0 Å². The van der Waals surface area contributed by atoms with Crippen LogP contribution in [0.5, 0.6) is 0 Å². The quantitative estimate of drug-likeness (QED) is 0.784. The molecule has 0 aliphatic carbocycles. The van der Waals surface area contributed by atoms with Crippen LogP contribution in [-0.4, -0.2) is 62.8 Å². The number of carbonyl (C=O) groups excluding carboxylic acids is 1. The molecule has 1 N–H and O–H groups in total. The summed E-state index contributed by atoms with van der Waals surface area (Å²) in [5.74, 6) is -0.388.